The molecule has 4 nitrogen and oxygen atoms in total. The van der Waals surface area contributed by atoms with Crippen molar-refractivity contribution in [2.45, 2.75) is 64.9 Å². The molecule has 0 amide bonds. The summed E-state index contributed by atoms with van der Waals surface area (Å²) in [5.41, 5.74) is 1.48. The minimum absolute atomic E-state index is 0.148. The van der Waals surface area contributed by atoms with Gasteiger partial charge in [-0.1, -0.05) is 11.6 Å². The largest absolute Gasteiger partial charge is 0.491 e. The fourth-order valence-electron chi connectivity index (χ4n) is 4.54. The van der Waals surface area contributed by atoms with Crippen LogP contribution in [0, 0.1) is 11.3 Å². The van der Waals surface area contributed by atoms with Gasteiger partial charge in [0, 0.05) is 25.6 Å². The maximum atomic E-state index is 10.9. The molecular weight excluding hydrogens is 350 g/mol. The van der Waals surface area contributed by atoms with Crippen molar-refractivity contribution in [3.63, 3.8) is 0 Å². The number of anilines is 1. The highest BCUT2D eigenvalue weighted by Crippen LogP contribution is 2.48. The molecule has 1 saturated heterocycles. The van der Waals surface area contributed by atoms with E-state index in [0.29, 0.717) is 17.8 Å². The lowest BCUT2D eigenvalue weighted by atomic mass is 9.65. The van der Waals surface area contributed by atoms with Crippen LogP contribution in [0.1, 0.15) is 58.8 Å². The summed E-state index contributed by atoms with van der Waals surface area (Å²) < 4.78 is 5.82. The van der Waals surface area contributed by atoms with Gasteiger partial charge in [-0.2, -0.15) is 0 Å². The van der Waals surface area contributed by atoms with Gasteiger partial charge < -0.3 is 14.7 Å². The quantitative estimate of drug-likeness (QED) is 0.746. The van der Waals surface area contributed by atoms with Gasteiger partial charge >= 0.3 is 5.97 Å². The monoisotopic (exact) mass is 379 g/mol. The van der Waals surface area contributed by atoms with E-state index in [9.17, 15) is 4.79 Å². The van der Waals surface area contributed by atoms with Crippen molar-refractivity contribution >= 4 is 23.3 Å². The van der Waals surface area contributed by atoms with Crippen LogP contribution in [0.25, 0.3) is 0 Å². The molecule has 1 heterocycles. The predicted molar refractivity (Wildman–Crippen MR) is 105 cm³/mol. The molecule has 5 heteroatoms. The zero-order valence-electron chi connectivity index (χ0n) is 15.8. The molecule has 1 aliphatic heterocycles. The summed E-state index contributed by atoms with van der Waals surface area (Å²) in [7, 11) is 0. The molecule has 2 aliphatic rings. The fourth-order valence-corrected chi connectivity index (χ4v) is 4.78. The summed E-state index contributed by atoms with van der Waals surface area (Å²) in [6, 6.07) is 5.92. The van der Waals surface area contributed by atoms with Crippen molar-refractivity contribution < 1.29 is 14.6 Å². The van der Waals surface area contributed by atoms with Crippen molar-refractivity contribution in [1.82, 2.24) is 0 Å². The number of halogens is 1. The molecule has 2 fully saturated rings. The van der Waals surface area contributed by atoms with E-state index in [1.54, 1.807) is 0 Å². The molecule has 0 atom stereocenters. The highest BCUT2D eigenvalue weighted by molar-refractivity contribution is 6.33. The first-order chi connectivity index (χ1) is 12.4. The summed E-state index contributed by atoms with van der Waals surface area (Å²) in [5, 5.41) is 9.78. The fraction of sp³-hybridized carbons (Fsp3) is 0.667. The number of carboxylic acid groups (broad SMARTS) is 1. The van der Waals surface area contributed by atoms with Crippen molar-refractivity contribution in [3.05, 3.63) is 23.2 Å². The first kappa shape index (κ1) is 19.3. The van der Waals surface area contributed by atoms with Crippen LogP contribution in [-0.4, -0.2) is 30.3 Å². The summed E-state index contributed by atoms with van der Waals surface area (Å²) in [4.78, 5) is 13.3. The number of hydrogen-bond donors (Lipinski definition) is 1. The summed E-state index contributed by atoms with van der Waals surface area (Å²) in [6.07, 6.45) is 7.27. The Bertz CT molecular complexity index is 628. The molecule has 1 spiro atoms. The Morgan fingerprint density at radius 1 is 1.27 bits per heavy atom. The van der Waals surface area contributed by atoms with E-state index in [0.717, 1.165) is 42.4 Å². The molecule has 3 rings (SSSR count). The van der Waals surface area contributed by atoms with Crippen LogP contribution in [0.3, 0.4) is 0 Å². The van der Waals surface area contributed by atoms with Gasteiger partial charge in [0.2, 0.25) is 0 Å². The van der Waals surface area contributed by atoms with Crippen LogP contribution < -0.4 is 9.64 Å². The SMILES string of the molecule is CC(C)Oc1ccc(Cl)c(N2CCC3(CCC(CC(=O)O)CC3)CC2)c1. The van der Waals surface area contributed by atoms with Crippen molar-refractivity contribution in [2.75, 3.05) is 18.0 Å². The number of carboxylic acids is 1. The average molecular weight is 380 g/mol. The Balaban J connectivity index is 1.60. The number of aliphatic carboxylic acids is 1. The molecular formula is C21H30ClNO3. The maximum Gasteiger partial charge on any atom is 0.303 e. The van der Waals surface area contributed by atoms with Crippen molar-refractivity contribution in [3.8, 4) is 5.75 Å². The van der Waals surface area contributed by atoms with Crippen LogP contribution in [0.15, 0.2) is 18.2 Å². The van der Waals surface area contributed by atoms with Crippen LogP contribution in [-0.2, 0) is 4.79 Å². The van der Waals surface area contributed by atoms with Gasteiger partial charge in [-0.05, 0) is 75.8 Å². The van der Waals surface area contributed by atoms with Crippen molar-refractivity contribution in [2.24, 2.45) is 11.3 Å². The highest BCUT2D eigenvalue weighted by Gasteiger charge is 2.38. The summed E-state index contributed by atoms with van der Waals surface area (Å²) in [6.45, 7) is 6.07. The Kier molecular flexibility index (Phi) is 6.01. The Hall–Kier alpha value is -1.42. The molecule has 1 aliphatic carbocycles. The number of nitrogens with zero attached hydrogens (tertiary/aromatic N) is 1. The second-order valence-electron chi connectivity index (χ2n) is 8.31. The van der Waals surface area contributed by atoms with E-state index >= 15 is 0 Å². The van der Waals surface area contributed by atoms with Crippen molar-refractivity contribution in [1.29, 1.82) is 0 Å². The van der Waals surface area contributed by atoms with Crippen LogP contribution in [0.4, 0.5) is 5.69 Å². The van der Waals surface area contributed by atoms with Crippen LogP contribution in [0.5, 0.6) is 5.75 Å². The molecule has 26 heavy (non-hydrogen) atoms. The summed E-state index contributed by atoms with van der Waals surface area (Å²) in [5.74, 6) is 0.586. The van der Waals surface area contributed by atoms with Crippen LogP contribution >= 0.6 is 11.6 Å². The number of carbonyl (C=O) groups is 1. The highest BCUT2D eigenvalue weighted by atomic mass is 35.5. The van der Waals surface area contributed by atoms with E-state index in [4.69, 9.17) is 21.4 Å². The van der Waals surface area contributed by atoms with Gasteiger partial charge in [-0.15, -0.1) is 0 Å². The third-order valence-electron chi connectivity index (χ3n) is 6.08. The Labute approximate surface area is 161 Å². The smallest absolute Gasteiger partial charge is 0.303 e. The van der Waals surface area contributed by atoms with E-state index in [2.05, 4.69) is 11.0 Å². The second-order valence-corrected chi connectivity index (χ2v) is 8.72. The first-order valence-electron chi connectivity index (χ1n) is 9.80. The molecule has 0 unspecified atom stereocenters. The van der Waals surface area contributed by atoms with Gasteiger partial charge in [0.15, 0.2) is 0 Å². The van der Waals surface area contributed by atoms with Gasteiger partial charge in [-0.3, -0.25) is 4.79 Å². The third-order valence-corrected chi connectivity index (χ3v) is 6.40. The number of ether oxygens (including phenoxy) is 1. The van der Waals surface area contributed by atoms with Crippen LogP contribution in [0.2, 0.25) is 5.02 Å². The maximum absolute atomic E-state index is 10.9. The number of benzene rings is 1. The lowest BCUT2D eigenvalue weighted by Gasteiger charge is -2.46. The number of hydrogen-bond acceptors (Lipinski definition) is 3. The first-order valence-corrected chi connectivity index (χ1v) is 10.2. The lowest BCUT2D eigenvalue weighted by Crippen LogP contribution is -2.42. The molecule has 1 aromatic carbocycles. The van der Waals surface area contributed by atoms with E-state index < -0.39 is 5.97 Å². The van der Waals surface area contributed by atoms with E-state index in [1.807, 2.05) is 26.0 Å². The van der Waals surface area contributed by atoms with Gasteiger partial charge in [0.25, 0.3) is 0 Å². The zero-order chi connectivity index (χ0) is 18.7. The second kappa shape index (κ2) is 8.08. The average Bonchev–Trinajstić information content (AvgIpc) is 2.59. The van der Waals surface area contributed by atoms with Gasteiger partial charge in [0.05, 0.1) is 16.8 Å². The lowest BCUT2D eigenvalue weighted by molar-refractivity contribution is -0.138. The predicted octanol–water partition coefficient (Wildman–Crippen LogP) is 5.38. The molecule has 1 N–H and O–H groups in total. The molecule has 1 aromatic rings. The van der Waals surface area contributed by atoms with E-state index in [-0.39, 0.29) is 6.10 Å². The van der Waals surface area contributed by atoms with Gasteiger partial charge in [-0.25, -0.2) is 0 Å². The Morgan fingerprint density at radius 2 is 1.92 bits per heavy atom. The summed E-state index contributed by atoms with van der Waals surface area (Å²) >= 11 is 6.46. The minimum atomic E-state index is -0.654. The zero-order valence-corrected chi connectivity index (χ0v) is 16.6. The van der Waals surface area contributed by atoms with Gasteiger partial charge in [0.1, 0.15) is 5.75 Å². The molecule has 0 bridgehead atoms. The number of rotatable bonds is 5. The third kappa shape index (κ3) is 4.64. The molecule has 0 radical (unpaired) electrons. The molecule has 0 aromatic heterocycles. The standard InChI is InChI=1S/C21H30ClNO3/c1-15(2)26-17-3-4-18(22)19(14-17)23-11-9-21(10-12-23)7-5-16(6-8-21)13-20(24)25/h3-4,14-16H,5-13H2,1-2H3,(H,24,25). The molecule has 144 valence electrons. The topological polar surface area (TPSA) is 49.8 Å². The molecule has 1 saturated carbocycles. The minimum Gasteiger partial charge on any atom is -0.491 e. The normalized spacial score (nSPS) is 20.5. The Morgan fingerprint density at radius 3 is 2.50 bits per heavy atom. The number of piperidine rings is 1. The van der Waals surface area contributed by atoms with E-state index in [1.165, 1.54) is 25.7 Å².